The molecule has 0 aliphatic heterocycles. The molecular weight excluding hydrogens is 327 g/mol. The second kappa shape index (κ2) is 7.31. The molecule has 0 saturated carbocycles. The summed E-state index contributed by atoms with van der Waals surface area (Å²) in [7, 11) is 1.53. The zero-order valence-corrected chi connectivity index (χ0v) is 15.4. The van der Waals surface area contributed by atoms with Crippen molar-refractivity contribution in [3.63, 3.8) is 0 Å². The number of carboxylic acid groups (broad SMARTS) is 1. The van der Waals surface area contributed by atoms with Crippen molar-refractivity contribution in [1.82, 2.24) is 0 Å². The van der Waals surface area contributed by atoms with Gasteiger partial charge in [0.05, 0.1) is 12.5 Å². The van der Waals surface area contributed by atoms with Crippen LogP contribution in [-0.4, -0.2) is 13.1 Å². The smallest absolute Gasteiger partial charge is 0.550 e. The van der Waals surface area contributed by atoms with Crippen LogP contribution in [0.15, 0.2) is 44.9 Å². The van der Waals surface area contributed by atoms with Gasteiger partial charge in [-0.25, -0.2) is 0 Å². The summed E-state index contributed by atoms with van der Waals surface area (Å²) in [6, 6.07) is 8.01. The number of para-hydroxylation sites is 1. The van der Waals surface area contributed by atoms with Gasteiger partial charge in [-0.3, -0.25) is 4.79 Å². The Balaban J connectivity index is 0.00000192. The third kappa shape index (κ3) is 3.50. The maximum atomic E-state index is 12.3. The van der Waals surface area contributed by atoms with Crippen LogP contribution in [0, 0.1) is 0 Å². The topological polar surface area (TPSA) is 79.6 Å². The fourth-order valence-electron chi connectivity index (χ4n) is 2.28. The molecule has 0 fully saturated rings. The van der Waals surface area contributed by atoms with Crippen molar-refractivity contribution in [2.75, 3.05) is 7.11 Å². The number of benzene rings is 1. The molecule has 0 amide bonds. The molecule has 0 bridgehead atoms. The summed E-state index contributed by atoms with van der Waals surface area (Å²) >= 11 is 1.38. The van der Waals surface area contributed by atoms with Gasteiger partial charge in [0, 0.05) is 24.0 Å². The van der Waals surface area contributed by atoms with Crippen LogP contribution in [0.3, 0.4) is 0 Å². The molecular formula is C16H11NaO5S. The SMILES string of the molecule is COc1ccsc1-c1cc(=O)c2cccc(CC(=O)[O-])c2o1.[Na+]. The van der Waals surface area contributed by atoms with Crippen molar-refractivity contribution in [2.45, 2.75) is 6.42 Å². The van der Waals surface area contributed by atoms with E-state index in [9.17, 15) is 14.7 Å². The van der Waals surface area contributed by atoms with E-state index in [0.29, 0.717) is 27.3 Å². The number of carbonyl (C=O) groups excluding carboxylic acids is 1. The minimum atomic E-state index is -1.23. The molecule has 2 aromatic heterocycles. The van der Waals surface area contributed by atoms with Gasteiger partial charge in [-0.05, 0) is 17.5 Å². The van der Waals surface area contributed by atoms with E-state index in [0.717, 1.165) is 0 Å². The van der Waals surface area contributed by atoms with E-state index in [1.54, 1.807) is 24.3 Å². The molecule has 0 saturated heterocycles. The molecule has 5 nitrogen and oxygen atoms in total. The van der Waals surface area contributed by atoms with Gasteiger partial charge in [-0.15, -0.1) is 11.3 Å². The van der Waals surface area contributed by atoms with E-state index < -0.39 is 5.97 Å². The van der Waals surface area contributed by atoms with Crippen LogP contribution in [0.5, 0.6) is 5.75 Å². The van der Waals surface area contributed by atoms with Crippen molar-refractivity contribution >= 4 is 28.3 Å². The Morgan fingerprint density at radius 2 is 2.13 bits per heavy atom. The van der Waals surface area contributed by atoms with Crippen molar-refractivity contribution in [1.29, 1.82) is 0 Å². The van der Waals surface area contributed by atoms with Crippen LogP contribution in [0.25, 0.3) is 21.6 Å². The van der Waals surface area contributed by atoms with Crippen LogP contribution >= 0.6 is 11.3 Å². The molecule has 2 heterocycles. The first kappa shape index (κ1) is 17.7. The second-order valence-corrected chi connectivity index (χ2v) is 5.55. The van der Waals surface area contributed by atoms with Crippen molar-refractivity contribution < 1.29 is 48.6 Å². The molecule has 0 unspecified atom stereocenters. The van der Waals surface area contributed by atoms with Gasteiger partial charge < -0.3 is 19.1 Å². The first-order valence-electron chi connectivity index (χ1n) is 6.47. The first-order chi connectivity index (χ1) is 10.6. The van der Waals surface area contributed by atoms with Gasteiger partial charge in [0.15, 0.2) is 11.2 Å². The summed E-state index contributed by atoms with van der Waals surface area (Å²) in [5.41, 5.74) is 0.448. The van der Waals surface area contributed by atoms with Gasteiger partial charge in [-0.2, -0.15) is 0 Å². The maximum absolute atomic E-state index is 12.3. The molecule has 7 heteroatoms. The number of carbonyl (C=O) groups is 1. The fourth-order valence-corrected chi connectivity index (χ4v) is 3.09. The van der Waals surface area contributed by atoms with Crippen LogP contribution < -0.4 is 44.8 Å². The number of carboxylic acids is 1. The Hall–Kier alpha value is -1.60. The summed E-state index contributed by atoms with van der Waals surface area (Å²) in [5, 5.41) is 13.0. The molecule has 0 spiro atoms. The zero-order chi connectivity index (χ0) is 15.7. The predicted molar refractivity (Wildman–Crippen MR) is 81.1 cm³/mol. The van der Waals surface area contributed by atoms with E-state index in [4.69, 9.17) is 9.15 Å². The molecule has 3 rings (SSSR count). The van der Waals surface area contributed by atoms with E-state index in [1.165, 1.54) is 24.5 Å². The standard InChI is InChI=1S/C16H12O5S.Na/c1-20-12-5-6-22-16(12)13-8-11(17)10-4-2-3-9(7-14(18)19)15(10)21-13;/h2-6,8H,7H2,1H3,(H,18,19);/q;+1/p-1. The van der Waals surface area contributed by atoms with Gasteiger partial charge in [0.25, 0.3) is 0 Å². The van der Waals surface area contributed by atoms with Gasteiger partial charge >= 0.3 is 29.6 Å². The molecule has 112 valence electrons. The van der Waals surface area contributed by atoms with Crippen molar-refractivity contribution in [3.05, 3.63) is 51.5 Å². The van der Waals surface area contributed by atoms with Gasteiger partial charge in [0.2, 0.25) is 0 Å². The number of methoxy groups -OCH3 is 1. The Morgan fingerprint density at radius 3 is 2.83 bits per heavy atom. The normalized spacial score (nSPS) is 10.3. The minimum Gasteiger partial charge on any atom is -0.550 e. The number of aliphatic carboxylic acids is 1. The molecule has 23 heavy (non-hydrogen) atoms. The van der Waals surface area contributed by atoms with E-state index in [-0.39, 0.29) is 47.0 Å². The monoisotopic (exact) mass is 338 g/mol. The average Bonchev–Trinajstić information content (AvgIpc) is 2.96. The quantitative estimate of drug-likeness (QED) is 0.560. The Labute approximate surface area is 157 Å². The minimum absolute atomic E-state index is 0. The third-order valence-corrected chi connectivity index (χ3v) is 4.15. The number of fused-ring (bicyclic) bond motifs is 1. The second-order valence-electron chi connectivity index (χ2n) is 4.64. The molecule has 3 aromatic rings. The van der Waals surface area contributed by atoms with Gasteiger partial charge in [-0.1, -0.05) is 12.1 Å². The summed E-state index contributed by atoms with van der Waals surface area (Å²) < 4.78 is 11.0. The van der Waals surface area contributed by atoms with Crippen molar-refractivity contribution in [3.8, 4) is 16.4 Å². The van der Waals surface area contributed by atoms with E-state index in [2.05, 4.69) is 0 Å². The van der Waals surface area contributed by atoms with Crippen LogP contribution in [0.1, 0.15) is 5.56 Å². The summed E-state index contributed by atoms with van der Waals surface area (Å²) in [4.78, 5) is 23.8. The average molecular weight is 338 g/mol. The molecule has 0 atom stereocenters. The van der Waals surface area contributed by atoms with E-state index >= 15 is 0 Å². The molecule has 0 aliphatic carbocycles. The zero-order valence-electron chi connectivity index (χ0n) is 12.6. The third-order valence-electron chi connectivity index (χ3n) is 3.24. The van der Waals surface area contributed by atoms with Gasteiger partial charge in [0.1, 0.15) is 16.2 Å². The molecule has 0 radical (unpaired) electrons. The Kier molecular flexibility index (Phi) is 5.64. The van der Waals surface area contributed by atoms with Crippen LogP contribution in [-0.2, 0) is 11.2 Å². The predicted octanol–water partition coefficient (Wildman–Crippen LogP) is -1.17. The first-order valence-corrected chi connectivity index (χ1v) is 7.35. The number of ether oxygens (including phenoxy) is 1. The number of hydrogen-bond acceptors (Lipinski definition) is 6. The number of hydrogen-bond donors (Lipinski definition) is 0. The molecule has 1 aromatic carbocycles. The van der Waals surface area contributed by atoms with Crippen LogP contribution in [0.4, 0.5) is 0 Å². The van der Waals surface area contributed by atoms with Crippen molar-refractivity contribution in [2.24, 2.45) is 0 Å². The van der Waals surface area contributed by atoms with Crippen LogP contribution in [0.2, 0.25) is 0 Å². The molecule has 0 N–H and O–H groups in total. The van der Waals surface area contributed by atoms with E-state index in [1.807, 2.05) is 5.38 Å². The number of rotatable bonds is 4. The summed E-state index contributed by atoms with van der Waals surface area (Å²) in [6.07, 6.45) is -0.314. The largest absolute Gasteiger partial charge is 1.00 e. The molecule has 0 aliphatic rings. The maximum Gasteiger partial charge on any atom is 1.00 e. The fraction of sp³-hybridized carbons (Fsp3) is 0.125. The summed E-state index contributed by atoms with van der Waals surface area (Å²) in [6.45, 7) is 0. The Bertz CT molecular complexity index is 912. The summed E-state index contributed by atoms with van der Waals surface area (Å²) in [5.74, 6) is -0.269. The number of thiophene rings is 1. The Morgan fingerprint density at radius 1 is 1.35 bits per heavy atom.